The van der Waals surface area contributed by atoms with Crippen LogP contribution in [0.2, 0.25) is 0 Å². The van der Waals surface area contributed by atoms with Gasteiger partial charge >= 0.3 is 6.18 Å². The maximum Gasteiger partial charge on any atom is 0.450 e. The van der Waals surface area contributed by atoms with Crippen LogP contribution < -0.4 is 10.1 Å². The van der Waals surface area contributed by atoms with E-state index in [1.807, 2.05) is 0 Å². The Bertz CT molecular complexity index is 1250. The van der Waals surface area contributed by atoms with Gasteiger partial charge < -0.3 is 10.1 Å². The molecule has 0 fully saturated rings. The normalized spacial score (nSPS) is 11.5. The molecule has 4 aromatic rings. The van der Waals surface area contributed by atoms with Gasteiger partial charge in [-0.3, -0.25) is 9.36 Å². The predicted octanol–water partition coefficient (Wildman–Crippen LogP) is 5.44. The van der Waals surface area contributed by atoms with E-state index in [1.54, 1.807) is 6.07 Å². The zero-order valence-electron chi connectivity index (χ0n) is 16.1. The lowest BCUT2D eigenvalue weighted by atomic mass is 10.2. The summed E-state index contributed by atoms with van der Waals surface area (Å²) in [6.07, 6.45) is -4.68. The van der Waals surface area contributed by atoms with Crippen molar-refractivity contribution in [3.63, 3.8) is 0 Å². The van der Waals surface area contributed by atoms with Crippen LogP contribution in [0.15, 0.2) is 66.7 Å². The summed E-state index contributed by atoms with van der Waals surface area (Å²) in [6.45, 7) is 0. The van der Waals surface area contributed by atoms with E-state index in [-0.39, 0.29) is 22.3 Å². The number of alkyl halides is 3. The molecule has 1 heterocycles. The molecule has 0 atom stereocenters. The number of amides is 1. The molecule has 3 aromatic carbocycles. The molecule has 0 aliphatic heterocycles. The lowest BCUT2D eigenvalue weighted by molar-refractivity contribution is -0.145. The molecule has 0 unspecified atom stereocenters. The number of hydrogen-bond donors (Lipinski definition) is 1. The Morgan fingerprint density at radius 3 is 2.29 bits per heavy atom. The molecule has 4 rings (SSSR count). The van der Waals surface area contributed by atoms with Gasteiger partial charge in [-0.05, 0) is 60.7 Å². The summed E-state index contributed by atoms with van der Waals surface area (Å²) < 4.78 is 59.9. The molecule has 0 spiro atoms. The molecule has 1 N–H and O–H groups in total. The number of imidazole rings is 1. The molecule has 0 saturated heterocycles. The van der Waals surface area contributed by atoms with E-state index in [0.29, 0.717) is 11.4 Å². The average Bonchev–Trinajstić information content (AvgIpc) is 3.14. The van der Waals surface area contributed by atoms with Gasteiger partial charge in [0.25, 0.3) is 5.91 Å². The maximum absolute atomic E-state index is 13.6. The zero-order valence-corrected chi connectivity index (χ0v) is 16.1. The van der Waals surface area contributed by atoms with E-state index >= 15 is 0 Å². The average molecular weight is 429 g/mol. The minimum Gasteiger partial charge on any atom is -0.497 e. The topological polar surface area (TPSA) is 56.1 Å². The van der Waals surface area contributed by atoms with Crippen molar-refractivity contribution >= 4 is 22.6 Å². The SMILES string of the molecule is COc1ccc2c(c1)nc(C(F)(F)F)n2-c1ccc(NC(=O)c2ccc(F)cc2)cc1. The third kappa shape index (κ3) is 4.07. The number of hydrogen-bond acceptors (Lipinski definition) is 3. The highest BCUT2D eigenvalue weighted by atomic mass is 19.4. The van der Waals surface area contributed by atoms with Crippen LogP contribution in [0.5, 0.6) is 5.75 Å². The largest absolute Gasteiger partial charge is 0.497 e. The van der Waals surface area contributed by atoms with Crippen molar-refractivity contribution in [3.8, 4) is 11.4 Å². The van der Waals surface area contributed by atoms with E-state index in [4.69, 9.17) is 4.74 Å². The maximum atomic E-state index is 13.6. The summed E-state index contributed by atoms with van der Waals surface area (Å²) in [5.74, 6) is -1.61. The summed E-state index contributed by atoms with van der Waals surface area (Å²) in [5.41, 5.74) is 1.24. The fraction of sp³-hybridized carbons (Fsp3) is 0.0909. The lowest BCUT2D eigenvalue weighted by Crippen LogP contribution is -2.14. The Morgan fingerprint density at radius 1 is 1.00 bits per heavy atom. The van der Waals surface area contributed by atoms with Crippen LogP contribution in [0.25, 0.3) is 16.7 Å². The van der Waals surface area contributed by atoms with E-state index in [0.717, 1.165) is 16.7 Å². The summed E-state index contributed by atoms with van der Waals surface area (Å²) in [6, 6.07) is 15.3. The molecular weight excluding hydrogens is 414 g/mol. The van der Waals surface area contributed by atoms with Crippen molar-refractivity contribution in [2.24, 2.45) is 0 Å². The molecular formula is C22H15F4N3O2. The number of fused-ring (bicyclic) bond motifs is 1. The van der Waals surface area contributed by atoms with Gasteiger partial charge in [0.2, 0.25) is 5.82 Å². The summed E-state index contributed by atoms with van der Waals surface area (Å²) in [5, 5.41) is 2.62. The summed E-state index contributed by atoms with van der Waals surface area (Å²) >= 11 is 0. The van der Waals surface area contributed by atoms with E-state index in [9.17, 15) is 22.4 Å². The monoisotopic (exact) mass is 429 g/mol. The van der Waals surface area contributed by atoms with E-state index in [1.165, 1.54) is 55.6 Å². The van der Waals surface area contributed by atoms with Crippen molar-refractivity contribution in [3.05, 3.63) is 83.9 Å². The predicted molar refractivity (Wildman–Crippen MR) is 107 cm³/mol. The molecule has 1 amide bonds. The fourth-order valence-electron chi connectivity index (χ4n) is 3.14. The summed E-state index contributed by atoms with van der Waals surface area (Å²) in [7, 11) is 1.42. The number of rotatable bonds is 4. The van der Waals surface area contributed by atoms with Gasteiger partial charge in [-0.15, -0.1) is 0 Å². The Labute approximate surface area is 173 Å². The first-order valence-corrected chi connectivity index (χ1v) is 9.07. The number of nitrogens with zero attached hydrogens (tertiary/aromatic N) is 2. The van der Waals surface area contributed by atoms with Gasteiger partial charge in [-0.2, -0.15) is 13.2 Å². The van der Waals surface area contributed by atoms with Gasteiger partial charge in [0, 0.05) is 23.0 Å². The number of ether oxygens (including phenoxy) is 1. The van der Waals surface area contributed by atoms with Crippen molar-refractivity contribution in [2.75, 3.05) is 12.4 Å². The molecule has 9 heteroatoms. The second kappa shape index (κ2) is 7.75. The third-order valence-electron chi connectivity index (χ3n) is 4.60. The van der Waals surface area contributed by atoms with Crippen LogP contribution in [0.4, 0.5) is 23.2 Å². The first-order valence-electron chi connectivity index (χ1n) is 9.07. The lowest BCUT2D eigenvalue weighted by Gasteiger charge is -2.12. The minimum absolute atomic E-state index is 0.139. The second-order valence-corrected chi connectivity index (χ2v) is 6.63. The van der Waals surface area contributed by atoms with Gasteiger partial charge in [-0.25, -0.2) is 9.37 Å². The number of nitrogens with one attached hydrogen (secondary N) is 1. The minimum atomic E-state index is -4.68. The quantitative estimate of drug-likeness (QED) is 0.439. The van der Waals surface area contributed by atoms with Crippen molar-refractivity contribution in [1.82, 2.24) is 9.55 Å². The number of halogens is 4. The second-order valence-electron chi connectivity index (χ2n) is 6.63. The molecule has 0 radical (unpaired) electrons. The molecule has 0 aliphatic rings. The number of methoxy groups -OCH3 is 1. The number of benzene rings is 3. The Balaban J connectivity index is 1.68. The molecule has 1 aromatic heterocycles. The smallest absolute Gasteiger partial charge is 0.450 e. The highest BCUT2D eigenvalue weighted by molar-refractivity contribution is 6.04. The summed E-state index contributed by atoms with van der Waals surface area (Å²) in [4.78, 5) is 16.0. The molecule has 5 nitrogen and oxygen atoms in total. The van der Waals surface area contributed by atoms with Gasteiger partial charge in [0.05, 0.1) is 18.1 Å². The number of carbonyl (C=O) groups is 1. The number of aromatic nitrogens is 2. The Kier molecular flexibility index (Phi) is 5.10. The Morgan fingerprint density at radius 2 is 1.68 bits per heavy atom. The first kappa shape index (κ1) is 20.4. The molecule has 0 aliphatic carbocycles. The highest BCUT2D eigenvalue weighted by Crippen LogP contribution is 2.35. The Hall–Kier alpha value is -3.88. The van der Waals surface area contributed by atoms with Gasteiger partial charge in [0.1, 0.15) is 11.6 Å². The van der Waals surface area contributed by atoms with Crippen molar-refractivity contribution in [2.45, 2.75) is 6.18 Å². The van der Waals surface area contributed by atoms with Crippen molar-refractivity contribution in [1.29, 1.82) is 0 Å². The molecule has 158 valence electrons. The van der Waals surface area contributed by atoms with E-state index < -0.39 is 23.7 Å². The third-order valence-corrected chi connectivity index (χ3v) is 4.60. The number of anilines is 1. The molecule has 0 saturated carbocycles. The van der Waals surface area contributed by atoms with Crippen molar-refractivity contribution < 1.29 is 27.1 Å². The molecule has 31 heavy (non-hydrogen) atoms. The van der Waals surface area contributed by atoms with E-state index in [2.05, 4.69) is 10.3 Å². The molecule has 0 bridgehead atoms. The standard InChI is InChI=1S/C22H15F4N3O2/c1-31-17-10-11-19-18(12-17)28-21(22(24,25)26)29(19)16-8-6-15(7-9-16)27-20(30)13-2-4-14(23)5-3-13/h2-12H,1H3,(H,27,30). The number of carbonyl (C=O) groups excluding carboxylic acids is 1. The van der Waals surface area contributed by atoms with Gasteiger partial charge in [-0.1, -0.05) is 0 Å². The highest BCUT2D eigenvalue weighted by Gasteiger charge is 2.38. The van der Waals surface area contributed by atoms with Crippen LogP contribution in [0.1, 0.15) is 16.2 Å². The van der Waals surface area contributed by atoms with Crippen LogP contribution >= 0.6 is 0 Å². The van der Waals surface area contributed by atoms with Crippen LogP contribution in [0.3, 0.4) is 0 Å². The zero-order chi connectivity index (χ0) is 22.2. The first-order chi connectivity index (χ1) is 14.8. The fourth-order valence-corrected chi connectivity index (χ4v) is 3.14. The van der Waals surface area contributed by atoms with Crippen LogP contribution in [0, 0.1) is 5.82 Å². The van der Waals surface area contributed by atoms with Crippen LogP contribution in [-0.2, 0) is 6.18 Å². The van der Waals surface area contributed by atoms with Gasteiger partial charge in [0.15, 0.2) is 0 Å². The van der Waals surface area contributed by atoms with Crippen LogP contribution in [-0.4, -0.2) is 22.6 Å².